The van der Waals surface area contributed by atoms with Crippen LogP contribution in [0.2, 0.25) is 0 Å². The maximum Gasteiger partial charge on any atom is 0.309 e. The molecular formula is C13H16N4O2S. The lowest BCUT2D eigenvalue weighted by Gasteiger charge is -2.06. The van der Waals surface area contributed by atoms with Crippen molar-refractivity contribution in [1.82, 2.24) is 14.8 Å². The minimum Gasteiger partial charge on any atom is -0.442 e. The van der Waals surface area contributed by atoms with Crippen molar-refractivity contribution >= 4 is 23.4 Å². The van der Waals surface area contributed by atoms with Crippen LogP contribution in [0.3, 0.4) is 0 Å². The Balaban J connectivity index is 1.95. The molecule has 2 aromatic rings. The number of carbonyl (C=O) groups is 1. The summed E-state index contributed by atoms with van der Waals surface area (Å²) in [6, 6.07) is -0.205. The molecule has 0 aliphatic heterocycles. The Labute approximate surface area is 120 Å². The SMILES string of the molecule is C=Cc1csc(-c2cnn(COC(=O)CC(C)N)c2)n1. The second-order valence-corrected chi connectivity index (χ2v) is 5.24. The van der Waals surface area contributed by atoms with Crippen molar-refractivity contribution in [2.24, 2.45) is 5.73 Å². The van der Waals surface area contributed by atoms with E-state index in [2.05, 4.69) is 16.7 Å². The molecule has 0 saturated heterocycles. The first-order valence-corrected chi connectivity index (χ1v) is 6.98. The lowest BCUT2D eigenvalue weighted by Crippen LogP contribution is -2.21. The quantitative estimate of drug-likeness (QED) is 0.822. The molecule has 1 unspecified atom stereocenters. The van der Waals surface area contributed by atoms with Crippen molar-refractivity contribution in [3.05, 3.63) is 30.0 Å². The van der Waals surface area contributed by atoms with Crippen molar-refractivity contribution in [2.45, 2.75) is 26.1 Å². The van der Waals surface area contributed by atoms with Crippen LogP contribution in [0.5, 0.6) is 0 Å². The van der Waals surface area contributed by atoms with Crippen molar-refractivity contribution in [3.63, 3.8) is 0 Å². The molecule has 0 spiro atoms. The van der Waals surface area contributed by atoms with Gasteiger partial charge in [0.2, 0.25) is 0 Å². The van der Waals surface area contributed by atoms with Crippen LogP contribution in [0.15, 0.2) is 24.4 Å². The lowest BCUT2D eigenvalue weighted by molar-refractivity contribution is -0.148. The van der Waals surface area contributed by atoms with E-state index >= 15 is 0 Å². The summed E-state index contributed by atoms with van der Waals surface area (Å²) in [5.74, 6) is -0.333. The van der Waals surface area contributed by atoms with Gasteiger partial charge >= 0.3 is 5.97 Å². The minimum atomic E-state index is -0.333. The van der Waals surface area contributed by atoms with Crippen LogP contribution in [0.1, 0.15) is 19.0 Å². The number of esters is 1. The highest BCUT2D eigenvalue weighted by Gasteiger charge is 2.09. The highest BCUT2D eigenvalue weighted by atomic mass is 32.1. The molecule has 0 amide bonds. The molecule has 2 N–H and O–H groups in total. The Morgan fingerprint density at radius 2 is 2.50 bits per heavy atom. The molecule has 20 heavy (non-hydrogen) atoms. The average Bonchev–Trinajstić information content (AvgIpc) is 3.04. The van der Waals surface area contributed by atoms with Gasteiger partial charge in [0.15, 0.2) is 6.73 Å². The van der Waals surface area contributed by atoms with E-state index < -0.39 is 0 Å². The third kappa shape index (κ3) is 3.75. The van der Waals surface area contributed by atoms with E-state index in [0.717, 1.165) is 16.3 Å². The zero-order valence-corrected chi connectivity index (χ0v) is 12.0. The van der Waals surface area contributed by atoms with Gasteiger partial charge in [0.05, 0.1) is 18.3 Å². The molecule has 0 radical (unpaired) electrons. The van der Waals surface area contributed by atoms with Gasteiger partial charge in [-0.1, -0.05) is 6.58 Å². The number of carbonyl (C=O) groups excluding carboxylic acids is 1. The predicted octanol–water partition coefficient (Wildman–Crippen LogP) is 1.89. The average molecular weight is 292 g/mol. The van der Waals surface area contributed by atoms with Crippen LogP contribution in [0.25, 0.3) is 16.6 Å². The van der Waals surface area contributed by atoms with Crippen LogP contribution in [-0.4, -0.2) is 26.8 Å². The van der Waals surface area contributed by atoms with Gasteiger partial charge in [-0.3, -0.25) is 4.79 Å². The molecule has 0 aliphatic carbocycles. The Hall–Kier alpha value is -1.99. The molecule has 2 heterocycles. The minimum absolute atomic E-state index is 0.0746. The van der Waals surface area contributed by atoms with Gasteiger partial charge in [-0.15, -0.1) is 11.3 Å². The summed E-state index contributed by atoms with van der Waals surface area (Å²) >= 11 is 1.51. The summed E-state index contributed by atoms with van der Waals surface area (Å²) in [6.07, 6.45) is 5.36. The van der Waals surface area contributed by atoms with Crippen LogP contribution in [-0.2, 0) is 16.3 Å². The smallest absolute Gasteiger partial charge is 0.309 e. The number of aromatic nitrogens is 3. The highest BCUT2D eigenvalue weighted by molar-refractivity contribution is 7.13. The summed E-state index contributed by atoms with van der Waals surface area (Å²) in [4.78, 5) is 15.8. The van der Waals surface area contributed by atoms with Crippen LogP contribution in [0, 0.1) is 0 Å². The van der Waals surface area contributed by atoms with Crippen LogP contribution in [0.4, 0.5) is 0 Å². The van der Waals surface area contributed by atoms with E-state index in [9.17, 15) is 4.79 Å². The van der Waals surface area contributed by atoms with Gasteiger partial charge in [-0.2, -0.15) is 5.10 Å². The second-order valence-electron chi connectivity index (χ2n) is 4.38. The molecule has 1 atom stereocenters. The monoisotopic (exact) mass is 292 g/mol. The van der Waals surface area contributed by atoms with Gasteiger partial charge in [0.25, 0.3) is 0 Å². The van der Waals surface area contributed by atoms with Gasteiger partial charge < -0.3 is 10.5 Å². The van der Waals surface area contributed by atoms with E-state index in [1.54, 1.807) is 30.1 Å². The molecule has 0 fully saturated rings. The van der Waals surface area contributed by atoms with E-state index in [0.29, 0.717) is 0 Å². The molecule has 0 aromatic carbocycles. The molecule has 0 bridgehead atoms. The lowest BCUT2D eigenvalue weighted by atomic mass is 10.3. The number of hydrogen-bond donors (Lipinski definition) is 1. The number of nitrogens with two attached hydrogens (primary N) is 1. The van der Waals surface area contributed by atoms with E-state index in [-0.39, 0.29) is 25.2 Å². The Kier molecular flexibility index (Phi) is 4.65. The Morgan fingerprint density at radius 3 is 3.15 bits per heavy atom. The van der Waals surface area contributed by atoms with E-state index in [4.69, 9.17) is 10.5 Å². The van der Waals surface area contributed by atoms with Gasteiger partial charge in [-0.25, -0.2) is 9.67 Å². The third-order valence-electron chi connectivity index (χ3n) is 2.46. The first kappa shape index (κ1) is 14.4. The fourth-order valence-electron chi connectivity index (χ4n) is 1.52. The largest absolute Gasteiger partial charge is 0.442 e. The van der Waals surface area contributed by atoms with Gasteiger partial charge in [0, 0.05) is 23.2 Å². The molecule has 106 valence electrons. The first-order valence-electron chi connectivity index (χ1n) is 6.10. The number of thiazole rings is 1. The summed E-state index contributed by atoms with van der Waals surface area (Å²) in [7, 11) is 0. The van der Waals surface area contributed by atoms with E-state index in [1.807, 2.05) is 5.38 Å². The fraction of sp³-hybridized carbons (Fsp3) is 0.308. The summed E-state index contributed by atoms with van der Waals surface area (Å²) in [5, 5.41) is 6.90. The predicted molar refractivity (Wildman–Crippen MR) is 77.8 cm³/mol. The van der Waals surface area contributed by atoms with Gasteiger partial charge in [0.1, 0.15) is 5.01 Å². The van der Waals surface area contributed by atoms with Crippen molar-refractivity contribution in [3.8, 4) is 10.6 Å². The maximum atomic E-state index is 11.4. The number of ether oxygens (including phenoxy) is 1. The maximum absolute atomic E-state index is 11.4. The number of hydrogen-bond acceptors (Lipinski definition) is 6. The first-order chi connectivity index (χ1) is 9.58. The summed E-state index contributed by atoms with van der Waals surface area (Å²) in [5.41, 5.74) is 7.23. The van der Waals surface area contributed by atoms with Crippen LogP contribution >= 0.6 is 11.3 Å². The molecule has 0 saturated carbocycles. The molecule has 0 aliphatic rings. The third-order valence-corrected chi connectivity index (χ3v) is 3.37. The van der Waals surface area contributed by atoms with Crippen molar-refractivity contribution in [1.29, 1.82) is 0 Å². The summed E-state index contributed by atoms with van der Waals surface area (Å²) < 4.78 is 6.61. The number of nitrogens with zero attached hydrogens (tertiary/aromatic N) is 3. The van der Waals surface area contributed by atoms with E-state index in [1.165, 1.54) is 11.3 Å². The van der Waals surface area contributed by atoms with Crippen molar-refractivity contribution < 1.29 is 9.53 Å². The molecular weight excluding hydrogens is 276 g/mol. The van der Waals surface area contributed by atoms with Gasteiger partial charge in [-0.05, 0) is 13.0 Å². The standard InChI is InChI=1S/C13H16N4O2S/c1-3-11-7-20-13(16-11)10-5-15-17(6-10)8-19-12(18)4-9(2)14/h3,5-7,9H,1,4,8,14H2,2H3. The number of rotatable bonds is 6. The molecule has 2 rings (SSSR count). The topological polar surface area (TPSA) is 83.0 Å². The highest BCUT2D eigenvalue weighted by Crippen LogP contribution is 2.23. The zero-order valence-electron chi connectivity index (χ0n) is 11.2. The Bertz CT molecular complexity index is 603. The summed E-state index contributed by atoms with van der Waals surface area (Å²) in [6.45, 7) is 5.50. The Morgan fingerprint density at radius 1 is 1.70 bits per heavy atom. The van der Waals surface area contributed by atoms with Crippen molar-refractivity contribution in [2.75, 3.05) is 0 Å². The molecule has 6 nitrogen and oxygen atoms in total. The van der Waals surface area contributed by atoms with Crippen LogP contribution < -0.4 is 5.73 Å². The second kappa shape index (κ2) is 6.44. The fourth-order valence-corrected chi connectivity index (χ4v) is 2.30. The zero-order chi connectivity index (χ0) is 14.5. The molecule has 2 aromatic heterocycles. The molecule has 7 heteroatoms. The normalized spacial score (nSPS) is 12.1.